The van der Waals surface area contributed by atoms with Crippen molar-refractivity contribution in [3.8, 4) is 0 Å². The molecule has 172 valence electrons. The van der Waals surface area contributed by atoms with Gasteiger partial charge in [0.15, 0.2) is 0 Å². The minimum absolute atomic E-state index is 0.634. The molecule has 1 aromatic carbocycles. The summed E-state index contributed by atoms with van der Waals surface area (Å²) in [6, 6.07) is 6.47. The number of unbranched alkanes of at least 4 members (excludes halogenated alkanes) is 1. The summed E-state index contributed by atoms with van der Waals surface area (Å²) in [5, 5.41) is 5.27. The fraction of sp³-hybridized carbons (Fsp3) is 0.519. The molecule has 2 aromatic rings. The summed E-state index contributed by atoms with van der Waals surface area (Å²) >= 11 is 6.84. The first kappa shape index (κ1) is 23.1. The largest absolute Gasteiger partial charge is 0.372 e. The number of fused-ring (bicyclic) bond motifs is 2. The van der Waals surface area contributed by atoms with Gasteiger partial charge in [-0.15, -0.1) is 0 Å². The Morgan fingerprint density at radius 1 is 1.19 bits per heavy atom. The maximum Gasteiger partial charge on any atom is 0.0727 e. The smallest absolute Gasteiger partial charge is 0.0727 e. The van der Waals surface area contributed by atoms with Crippen LogP contribution in [0.3, 0.4) is 0 Å². The van der Waals surface area contributed by atoms with Crippen LogP contribution in [-0.2, 0) is 12.8 Å². The second-order valence-electron chi connectivity index (χ2n) is 9.34. The van der Waals surface area contributed by atoms with Crippen molar-refractivity contribution in [3.05, 3.63) is 58.9 Å². The molecular weight excluding hydrogens is 416 g/mol. The first-order chi connectivity index (χ1) is 15.5. The summed E-state index contributed by atoms with van der Waals surface area (Å²) in [6.45, 7) is 16.0. The fourth-order valence-electron chi connectivity index (χ4n) is 5.12. The zero-order chi connectivity index (χ0) is 22.7. The van der Waals surface area contributed by atoms with Crippen LogP contribution in [0.25, 0.3) is 16.6 Å². The van der Waals surface area contributed by atoms with E-state index < -0.39 is 0 Å². The van der Waals surface area contributed by atoms with E-state index in [1.165, 1.54) is 36.2 Å². The van der Waals surface area contributed by atoms with Gasteiger partial charge in [0.1, 0.15) is 0 Å². The van der Waals surface area contributed by atoms with E-state index >= 15 is 0 Å². The van der Waals surface area contributed by atoms with Gasteiger partial charge in [-0.3, -0.25) is 4.98 Å². The highest BCUT2D eigenvalue weighted by atomic mass is 35.5. The average Bonchev–Trinajstić information content (AvgIpc) is 2.82. The van der Waals surface area contributed by atoms with Gasteiger partial charge in [-0.1, -0.05) is 50.2 Å². The summed E-state index contributed by atoms with van der Waals surface area (Å²) in [7, 11) is 2.02. The molecule has 1 atom stereocenters. The molecule has 1 unspecified atom stereocenters. The van der Waals surface area contributed by atoms with Gasteiger partial charge in [-0.05, 0) is 68.8 Å². The summed E-state index contributed by atoms with van der Waals surface area (Å²) < 4.78 is 0. The van der Waals surface area contributed by atoms with Crippen molar-refractivity contribution in [1.82, 2.24) is 20.1 Å². The highest BCUT2D eigenvalue weighted by molar-refractivity contribution is 6.36. The van der Waals surface area contributed by atoms with Gasteiger partial charge in [-0.25, -0.2) is 0 Å². The number of hydrogen-bond acceptors (Lipinski definition) is 4. The van der Waals surface area contributed by atoms with E-state index in [0.29, 0.717) is 5.92 Å². The van der Waals surface area contributed by atoms with Crippen molar-refractivity contribution in [1.29, 1.82) is 0 Å². The van der Waals surface area contributed by atoms with Crippen molar-refractivity contribution < 1.29 is 0 Å². The van der Waals surface area contributed by atoms with Crippen LogP contribution in [0.1, 0.15) is 49.4 Å². The molecule has 1 aliphatic heterocycles. The van der Waals surface area contributed by atoms with Crippen molar-refractivity contribution in [2.75, 3.05) is 39.8 Å². The minimum atomic E-state index is 0.634. The Hall–Kier alpha value is -2.04. The number of benzene rings is 1. The molecule has 1 N–H and O–H groups in total. The van der Waals surface area contributed by atoms with Crippen LogP contribution in [-0.4, -0.2) is 54.6 Å². The quantitative estimate of drug-likeness (QED) is 0.572. The number of pyridine rings is 1. The summed E-state index contributed by atoms with van der Waals surface area (Å²) in [5.74, 6) is 0.634. The monoisotopic (exact) mass is 452 g/mol. The third kappa shape index (κ3) is 4.82. The molecule has 0 amide bonds. The van der Waals surface area contributed by atoms with Crippen molar-refractivity contribution in [3.63, 3.8) is 0 Å². The molecule has 1 saturated heterocycles. The number of nitrogens with zero attached hydrogens (tertiary/aromatic N) is 3. The Bertz CT molecular complexity index is 991. The lowest BCUT2D eigenvalue weighted by Gasteiger charge is -2.39. The Morgan fingerprint density at radius 3 is 2.66 bits per heavy atom. The molecule has 0 saturated carbocycles. The average molecular weight is 453 g/mol. The summed E-state index contributed by atoms with van der Waals surface area (Å²) in [5.41, 5.74) is 6.91. The number of aromatic nitrogens is 1. The first-order valence-corrected chi connectivity index (χ1v) is 12.5. The van der Waals surface area contributed by atoms with Gasteiger partial charge >= 0.3 is 0 Å². The number of piperazine rings is 1. The molecule has 4 rings (SSSR count). The second kappa shape index (κ2) is 10.3. The van der Waals surface area contributed by atoms with Gasteiger partial charge < -0.3 is 15.1 Å². The highest BCUT2D eigenvalue weighted by Gasteiger charge is 2.24. The van der Waals surface area contributed by atoms with Crippen molar-refractivity contribution in [2.24, 2.45) is 5.92 Å². The molecule has 2 aliphatic rings. The van der Waals surface area contributed by atoms with Gasteiger partial charge in [0.05, 0.1) is 10.5 Å². The van der Waals surface area contributed by atoms with E-state index in [1.807, 2.05) is 7.05 Å². The third-order valence-corrected chi connectivity index (χ3v) is 7.57. The molecule has 1 aliphatic carbocycles. The minimum Gasteiger partial charge on any atom is -0.372 e. The van der Waals surface area contributed by atoms with Crippen LogP contribution in [0.4, 0.5) is 0 Å². The van der Waals surface area contributed by atoms with Gasteiger partial charge in [0, 0.05) is 48.7 Å². The maximum absolute atomic E-state index is 6.84. The van der Waals surface area contributed by atoms with Crippen molar-refractivity contribution >= 4 is 28.2 Å². The highest BCUT2D eigenvalue weighted by Crippen LogP contribution is 2.35. The number of halogens is 1. The van der Waals surface area contributed by atoms with E-state index in [2.05, 4.69) is 53.4 Å². The lowest BCUT2D eigenvalue weighted by atomic mass is 9.86. The second-order valence-corrected chi connectivity index (χ2v) is 9.72. The Balaban J connectivity index is 1.49. The Morgan fingerprint density at radius 2 is 1.94 bits per heavy atom. The van der Waals surface area contributed by atoms with Crippen LogP contribution >= 0.6 is 11.6 Å². The lowest BCUT2D eigenvalue weighted by molar-refractivity contribution is 0.209. The molecule has 0 radical (unpaired) electrons. The molecule has 1 aromatic heterocycles. The topological polar surface area (TPSA) is 31.4 Å². The maximum atomic E-state index is 6.84. The van der Waals surface area contributed by atoms with E-state index in [1.54, 1.807) is 0 Å². The predicted octanol–water partition coefficient (Wildman–Crippen LogP) is 5.50. The van der Waals surface area contributed by atoms with E-state index in [9.17, 15) is 0 Å². The van der Waals surface area contributed by atoms with Gasteiger partial charge in [0.25, 0.3) is 0 Å². The molecule has 1 fully saturated rings. The van der Waals surface area contributed by atoms with Crippen LogP contribution in [0.2, 0.25) is 5.02 Å². The zero-order valence-electron chi connectivity index (χ0n) is 19.7. The predicted molar refractivity (Wildman–Crippen MR) is 137 cm³/mol. The normalized spacial score (nSPS) is 18.7. The zero-order valence-corrected chi connectivity index (χ0v) is 20.5. The standard InChI is InChI=1S/C27H37ClN4/c1-5-6-7-19(2)31-12-14-32(15-13-31)20(3)22-9-11-24-26(17-22)30-25-16-21(18-29-4)8-10-23(25)27(24)28/h9,11,17,21,29H,2-3,5-8,10,12-16,18H2,1,4H3. The van der Waals surface area contributed by atoms with Crippen LogP contribution in [0, 0.1) is 5.92 Å². The van der Waals surface area contributed by atoms with Crippen LogP contribution in [0.5, 0.6) is 0 Å². The van der Waals surface area contributed by atoms with E-state index in [4.69, 9.17) is 16.6 Å². The Labute approximate surface area is 198 Å². The summed E-state index contributed by atoms with van der Waals surface area (Å²) in [4.78, 5) is 9.91. The summed E-state index contributed by atoms with van der Waals surface area (Å²) in [6.07, 6.45) is 6.74. The number of allylic oxidation sites excluding steroid dienone is 1. The van der Waals surface area contributed by atoms with Crippen LogP contribution in [0.15, 0.2) is 37.1 Å². The lowest BCUT2D eigenvalue weighted by Crippen LogP contribution is -2.44. The number of nitrogens with one attached hydrogen (secondary N) is 1. The van der Waals surface area contributed by atoms with Crippen LogP contribution < -0.4 is 5.32 Å². The molecule has 4 nitrogen and oxygen atoms in total. The molecule has 32 heavy (non-hydrogen) atoms. The molecule has 2 heterocycles. The van der Waals surface area contributed by atoms with Crippen molar-refractivity contribution in [2.45, 2.75) is 45.4 Å². The van der Waals surface area contributed by atoms with E-state index in [0.717, 1.165) is 79.2 Å². The molecule has 0 spiro atoms. The van der Waals surface area contributed by atoms with E-state index in [-0.39, 0.29) is 0 Å². The first-order valence-electron chi connectivity index (χ1n) is 12.1. The SMILES string of the molecule is C=C(CCCC)N1CCN(C(=C)c2ccc3c(Cl)c4c(nc3c2)CC(CNC)CC4)CC1. The van der Waals surface area contributed by atoms with Gasteiger partial charge in [-0.2, -0.15) is 0 Å². The number of hydrogen-bond donors (Lipinski definition) is 1. The Kier molecular flexibility index (Phi) is 7.42. The third-order valence-electron chi connectivity index (χ3n) is 7.14. The number of rotatable bonds is 8. The van der Waals surface area contributed by atoms with Gasteiger partial charge in [0.2, 0.25) is 0 Å². The fourth-order valence-corrected chi connectivity index (χ4v) is 5.48. The molecule has 0 bridgehead atoms. The molecular formula is C27H37ClN4. The molecule has 5 heteroatoms.